The molecular formula is C19H18N6O. The van der Waals surface area contributed by atoms with Gasteiger partial charge < -0.3 is 4.90 Å². The summed E-state index contributed by atoms with van der Waals surface area (Å²) in [4.78, 5) is 18.3. The number of hydrogen-bond donors (Lipinski definition) is 1. The molecule has 7 heteroatoms. The first kappa shape index (κ1) is 15.9. The van der Waals surface area contributed by atoms with E-state index in [1.807, 2.05) is 60.8 Å². The number of carbonyl (C=O) groups excluding carboxylic acids is 1. The smallest absolute Gasteiger partial charge is 0.322 e. The summed E-state index contributed by atoms with van der Waals surface area (Å²) in [6.07, 6.45) is 5.29. The van der Waals surface area contributed by atoms with E-state index in [2.05, 4.69) is 15.5 Å². The summed E-state index contributed by atoms with van der Waals surface area (Å²) >= 11 is 0. The fourth-order valence-corrected chi connectivity index (χ4v) is 2.75. The number of nitrogens with one attached hydrogen (secondary N) is 1. The molecule has 0 radical (unpaired) electrons. The molecule has 0 bridgehead atoms. The van der Waals surface area contributed by atoms with E-state index in [4.69, 9.17) is 0 Å². The molecule has 0 aliphatic heterocycles. The molecule has 1 N–H and O–H groups in total. The van der Waals surface area contributed by atoms with E-state index in [1.54, 1.807) is 33.8 Å². The Morgan fingerprint density at radius 2 is 1.88 bits per heavy atom. The summed E-state index contributed by atoms with van der Waals surface area (Å²) in [7, 11) is 1.74. The van der Waals surface area contributed by atoms with Gasteiger partial charge in [-0.1, -0.05) is 30.3 Å². The van der Waals surface area contributed by atoms with Crippen LogP contribution in [0.15, 0.2) is 73.3 Å². The van der Waals surface area contributed by atoms with Crippen LogP contribution in [0.25, 0.3) is 16.7 Å². The van der Waals surface area contributed by atoms with Gasteiger partial charge in [0.25, 0.3) is 0 Å². The first-order chi connectivity index (χ1) is 12.7. The lowest BCUT2D eigenvalue weighted by atomic mass is 10.3. The maximum Gasteiger partial charge on any atom is 0.336 e. The zero-order valence-corrected chi connectivity index (χ0v) is 14.3. The first-order valence-corrected chi connectivity index (χ1v) is 8.24. The SMILES string of the molecule is CN(Cc1cnn(-c2ccccc2)c1)C(=O)Nn1cnc2ccccc21. The van der Waals surface area contributed by atoms with Crippen LogP contribution in [0.5, 0.6) is 0 Å². The molecule has 0 spiro atoms. The molecule has 4 rings (SSSR count). The summed E-state index contributed by atoms with van der Waals surface area (Å²) < 4.78 is 3.42. The number of hydrogen-bond acceptors (Lipinski definition) is 3. The van der Waals surface area contributed by atoms with Gasteiger partial charge in [-0.15, -0.1) is 0 Å². The zero-order chi connectivity index (χ0) is 17.9. The van der Waals surface area contributed by atoms with Crippen molar-refractivity contribution in [1.82, 2.24) is 24.3 Å². The summed E-state index contributed by atoms with van der Waals surface area (Å²) in [5.74, 6) is 0. The van der Waals surface area contributed by atoms with Gasteiger partial charge in [-0.3, -0.25) is 0 Å². The second-order valence-corrected chi connectivity index (χ2v) is 6.01. The highest BCUT2D eigenvalue weighted by atomic mass is 16.2. The Labute approximate surface area is 150 Å². The summed E-state index contributed by atoms with van der Waals surface area (Å²) in [6, 6.07) is 17.3. The van der Waals surface area contributed by atoms with Crippen molar-refractivity contribution in [2.75, 3.05) is 12.5 Å². The van der Waals surface area contributed by atoms with E-state index in [1.165, 1.54) is 0 Å². The fourth-order valence-electron chi connectivity index (χ4n) is 2.75. The van der Waals surface area contributed by atoms with Gasteiger partial charge in [0.2, 0.25) is 0 Å². The monoisotopic (exact) mass is 346 g/mol. The number of amides is 2. The molecule has 0 saturated heterocycles. The zero-order valence-electron chi connectivity index (χ0n) is 14.3. The molecule has 26 heavy (non-hydrogen) atoms. The molecule has 0 aliphatic rings. The quantitative estimate of drug-likeness (QED) is 0.618. The Kier molecular flexibility index (Phi) is 4.10. The van der Waals surface area contributed by atoms with E-state index in [-0.39, 0.29) is 6.03 Å². The maximum atomic E-state index is 12.5. The van der Waals surface area contributed by atoms with Crippen molar-refractivity contribution < 1.29 is 4.79 Å². The van der Waals surface area contributed by atoms with Crippen molar-refractivity contribution in [1.29, 1.82) is 0 Å². The van der Waals surface area contributed by atoms with Crippen LogP contribution in [0, 0.1) is 0 Å². The highest BCUT2D eigenvalue weighted by Gasteiger charge is 2.12. The number of fused-ring (bicyclic) bond motifs is 1. The summed E-state index contributed by atoms with van der Waals surface area (Å²) in [5, 5.41) is 4.36. The second-order valence-electron chi connectivity index (χ2n) is 6.01. The predicted octanol–water partition coefficient (Wildman–Crippen LogP) is 3.02. The van der Waals surface area contributed by atoms with Crippen LogP contribution in [-0.2, 0) is 6.54 Å². The van der Waals surface area contributed by atoms with Gasteiger partial charge in [-0.2, -0.15) is 5.10 Å². The van der Waals surface area contributed by atoms with Gasteiger partial charge in [-0.05, 0) is 24.3 Å². The van der Waals surface area contributed by atoms with Crippen molar-refractivity contribution >= 4 is 17.1 Å². The van der Waals surface area contributed by atoms with Gasteiger partial charge >= 0.3 is 6.03 Å². The average molecular weight is 346 g/mol. The molecule has 0 fully saturated rings. The molecule has 2 aromatic heterocycles. The average Bonchev–Trinajstić information content (AvgIpc) is 3.30. The lowest BCUT2D eigenvalue weighted by Gasteiger charge is -2.17. The van der Waals surface area contributed by atoms with Crippen LogP contribution in [0.4, 0.5) is 4.79 Å². The largest absolute Gasteiger partial charge is 0.336 e. The molecule has 0 aliphatic carbocycles. The Balaban J connectivity index is 1.44. The molecule has 2 aromatic carbocycles. The minimum absolute atomic E-state index is 0.222. The lowest BCUT2D eigenvalue weighted by Crippen LogP contribution is -2.35. The van der Waals surface area contributed by atoms with Gasteiger partial charge in [0, 0.05) is 18.8 Å². The molecule has 0 saturated carbocycles. The maximum absolute atomic E-state index is 12.5. The van der Waals surface area contributed by atoms with Crippen LogP contribution < -0.4 is 5.43 Å². The highest BCUT2D eigenvalue weighted by molar-refractivity contribution is 5.84. The van der Waals surface area contributed by atoms with Crippen LogP contribution in [0.1, 0.15) is 5.56 Å². The third kappa shape index (κ3) is 3.14. The van der Waals surface area contributed by atoms with Crippen LogP contribution in [0.3, 0.4) is 0 Å². The molecular weight excluding hydrogens is 328 g/mol. The molecule has 2 heterocycles. The molecule has 130 valence electrons. The summed E-state index contributed by atoms with van der Waals surface area (Å²) in [5.41, 5.74) is 6.45. The summed E-state index contributed by atoms with van der Waals surface area (Å²) in [6.45, 7) is 0.450. The van der Waals surface area contributed by atoms with Crippen LogP contribution >= 0.6 is 0 Å². The predicted molar refractivity (Wildman–Crippen MR) is 99.5 cm³/mol. The number of nitrogens with zero attached hydrogens (tertiary/aromatic N) is 5. The van der Waals surface area contributed by atoms with Crippen molar-refractivity contribution in [2.24, 2.45) is 0 Å². The van der Waals surface area contributed by atoms with Crippen LogP contribution in [0.2, 0.25) is 0 Å². The van der Waals surface area contributed by atoms with Crippen molar-refractivity contribution in [3.63, 3.8) is 0 Å². The number of carbonyl (C=O) groups is 1. The minimum atomic E-state index is -0.222. The van der Waals surface area contributed by atoms with Gasteiger partial charge in [0.05, 0.1) is 29.5 Å². The Morgan fingerprint density at radius 3 is 2.73 bits per heavy atom. The van der Waals surface area contributed by atoms with E-state index in [0.717, 1.165) is 22.3 Å². The molecule has 0 atom stereocenters. The number of para-hydroxylation sites is 3. The van der Waals surface area contributed by atoms with E-state index in [9.17, 15) is 4.79 Å². The Morgan fingerprint density at radius 1 is 1.12 bits per heavy atom. The highest BCUT2D eigenvalue weighted by Crippen LogP contribution is 2.11. The van der Waals surface area contributed by atoms with E-state index < -0.39 is 0 Å². The van der Waals surface area contributed by atoms with Crippen LogP contribution in [-0.4, -0.2) is 37.4 Å². The number of benzene rings is 2. The second kappa shape index (κ2) is 6.72. The fraction of sp³-hybridized carbons (Fsp3) is 0.105. The van der Waals surface area contributed by atoms with E-state index >= 15 is 0 Å². The standard InChI is InChI=1S/C19H18N6O/c1-23(12-15-11-21-24(13-15)16-7-3-2-4-8-16)19(26)22-25-14-20-17-9-5-6-10-18(17)25/h2-11,13-14H,12H2,1H3,(H,22,26). The Hall–Kier alpha value is -3.61. The van der Waals surface area contributed by atoms with E-state index in [0.29, 0.717) is 6.54 Å². The number of urea groups is 1. The van der Waals surface area contributed by atoms with Gasteiger partial charge in [-0.25, -0.2) is 24.6 Å². The lowest BCUT2D eigenvalue weighted by molar-refractivity contribution is 0.217. The third-order valence-corrected chi connectivity index (χ3v) is 4.09. The van der Waals surface area contributed by atoms with Gasteiger partial charge in [0.15, 0.2) is 0 Å². The number of imidazole rings is 1. The minimum Gasteiger partial charge on any atom is -0.322 e. The number of aromatic nitrogens is 4. The third-order valence-electron chi connectivity index (χ3n) is 4.09. The molecule has 4 aromatic rings. The molecule has 0 unspecified atom stereocenters. The van der Waals surface area contributed by atoms with Crippen molar-refractivity contribution in [2.45, 2.75) is 6.54 Å². The van der Waals surface area contributed by atoms with Crippen molar-refractivity contribution in [3.8, 4) is 5.69 Å². The topological polar surface area (TPSA) is 68.0 Å². The van der Waals surface area contributed by atoms with Crippen molar-refractivity contribution in [3.05, 3.63) is 78.9 Å². The number of rotatable bonds is 4. The Bertz CT molecular complexity index is 1040. The first-order valence-electron chi connectivity index (χ1n) is 8.24. The molecule has 2 amide bonds. The van der Waals surface area contributed by atoms with Gasteiger partial charge in [0.1, 0.15) is 6.33 Å². The normalized spacial score (nSPS) is 10.8. The molecule has 7 nitrogen and oxygen atoms in total.